The van der Waals surface area contributed by atoms with Crippen LogP contribution in [0.15, 0.2) is 43.5 Å². The van der Waals surface area contributed by atoms with E-state index >= 15 is 0 Å². The molecule has 0 bridgehead atoms. The van der Waals surface area contributed by atoms with E-state index < -0.39 is 0 Å². The molecular weight excluding hydrogens is 228 g/mol. The predicted molar refractivity (Wildman–Crippen MR) is 91.7 cm³/mol. The fraction of sp³-hybridized carbons (Fsp3) is 0.263. The summed E-state index contributed by atoms with van der Waals surface area (Å²) < 4.78 is 0. The molecular formula is C19H26. The Kier molecular flexibility index (Phi) is 6.27. The first kappa shape index (κ1) is 17.2. The smallest absolute Gasteiger partial charge is 0.0105 e. The average molecular weight is 254 g/mol. The van der Waals surface area contributed by atoms with Gasteiger partial charge in [-0.2, -0.15) is 0 Å². The van der Waals surface area contributed by atoms with Crippen LogP contribution >= 0.6 is 0 Å². The van der Waals surface area contributed by atoms with Crippen LogP contribution in [0.5, 0.6) is 0 Å². The maximum atomic E-state index is 3.94. The summed E-state index contributed by atoms with van der Waals surface area (Å²) in [5.41, 5.74) is 3.75. The minimum atomic E-state index is 0. The second-order valence-corrected chi connectivity index (χ2v) is 4.58. The van der Waals surface area contributed by atoms with Gasteiger partial charge in [-0.25, -0.2) is 0 Å². The van der Waals surface area contributed by atoms with Crippen LogP contribution in [-0.2, 0) is 0 Å². The molecule has 0 saturated carbocycles. The van der Waals surface area contributed by atoms with Crippen LogP contribution in [0.3, 0.4) is 0 Å². The van der Waals surface area contributed by atoms with E-state index in [1.807, 2.05) is 12.2 Å². The summed E-state index contributed by atoms with van der Waals surface area (Å²) in [4.78, 5) is 0. The molecule has 19 heavy (non-hydrogen) atoms. The lowest BCUT2D eigenvalue weighted by atomic mass is 9.89. The summed E-state index contributed by atoms with van der Waals surface area (Å²) in [5, 5.41) is 2.53. The van der Waals surface area contributed by atoms with Crippen molar-refractivity contribution < 1.29 is 0 Å². The third-order valence-electron chi connectivity index (χ3n) is 3.19. The lowest BCUT2D eigenvalue weighted by Gasteiger charge is -2.15. The maximum Gasteiger partial charge on any atom is -0.0105 e. The van der Waals surface area contributed by atoms with E-state index in [2.05, 4.69) is 57.3 Å². The Balaban J connectivity index is 0.00000162. The van der Waals surface area contributed by atoms with E-state index in [0.29, 0.717) is 5.92 Å². The number of hydrogen-bond donors (Lipinski definition) is 0. The fourth-order valence-corrected chi connectivity index (χ4v) is 2.34. The molecule has 0 aliphatic heterocycles. The summed E-state index contributed by atoms with van der Waals surface area (Å²) in [6.45, 7) is 12.3. The molecule has 0 aliphatic carbocycles. The van der Waals surface area contributed by atoms with E-state index in [4.69, 9.17) is 0 Å². The minimum absolute atomic E-state index is 0. The number of benzene rings is 2. The van der Waals surface area contributed by atoms with Gasteiger partial charge in [-0.1, -0.05) is 84.3 Å². The van der Waals surface area contributed by atoms with Crippen LogP contribution in [0.4, 0.5) is 0 Å². The summed E-state index contributed by atoms with van der Waals surface area (Å²) in [7, 11) is 0. The molecule has 0 radical (unpaired) electrons. The van der Waals surface area contributed by atoms with Gasteiger partial charge in [0, 0.05) is 0 Å². The molecule has 0 aliphatic rings. The first-order valence-corrected chi connectivity index (χ1v) is 5.99. The van der Waals surface area contributed by atoms with Crippen molar-refractivity contribution in [1.82, 2.24) is 0 Å². The van der Waals surface area contributed by atoms with Crippen molar-refractivity contribution in [2.45, 2.75) is 34.6 Å². The van der Waals surface area contributed by atoms with Gasteiger partial charge in [0.05, 0.1) is 0 Å². The van der Waals surface area contributed by atoms with E-state index in [1.165, 1.54) is 27.5 Å². The first-order chi connectivity index (χ1) is 8.19. The molecule has 0 heteroatoms. The normalized spacial score (nSPS) is 9.63. The third-order valence-corrected chi connectivity index (χ3v) is 3.19. The molecule has 0 atom stereocenters. The van der Waals surface area contributed by atoms with Crippen LogP contribution < -0.4 is 0 Å². The van der Waals surface area contributed by atoms with Crippen molar-refractivity contribution in [2.75, 3.05) is 0 Å². The summed E-state index contributed by atoms with van der Waals surface area (Å²) in [6, 6.07) is 10.7. The highest BCUT2D eigenvalue weighted by Gasteiger charge is 2.11. The van der Waals surface area contributed by atoms with Crippen molar-refractivity contribution in [3.05, 3.63) is 60.2 Å². The quantitative estimate of drug-likeness (QED) is 0.584. The molecule has 0 amide bonds. The van der Waals surface area contributed by atoms with Crippen molar-refractivity contribution in [3.8, 4) is 0 Å². The van der Waals surface area contributed by atoms with Crippen molar-refractivity contribution >= 4 is 22.9 Å². The monoisotopic (exact) mass is 254 g/mol. The molecule has 2 aromatic rings. The van der Waals surface area contributed by atoms with Gasteiger partial charge < -0.3 is 0 Å². The van der Waals surface area contributed by atoms with E-state index in [-0.39, 0.29) is 14.9 Å². The Bertz CT molecular complexity index is 574. The van der Waals surface area contributed by atoms with Crippen LogP contribution in [-0.4, -0.2) is 0 Å². The highest BCUT2D eigenvalue weighted by molar-refractivity contribution is 5.95. The highest BCUT2D eigenvalue weighted by Crippen LogP contribution is 2.31. The molecule has 0 spiro atoms. The molecule has 0 saturated heterocycles. The van der Waals surface area contributed by atoms with Crippen LogP contribution in [0.1, 0.15) is 51.3 Å². The molecule has 2 aromatic carbocycles. The molecule has 2 rings (SSSR count). The summed E-state index contributed by atoms with van der Waals surface area (Å²) in [6.07, 6.45) is 3.88. The van der Waals surface area contributed by atoms with Gasteiger partial charge in [0.2, 0.25) is 0 Å². The molecule has 0 nitrogen and oxygen atoms in total. The van der Waals surface area contributed by atoms with Crippen molar-refractivity contribution in [1.29, 1.82) is 0 Å². The zero-order valence-electron chi connectivity index (χ0n) is 10.5. The van der Waals surface area contributed by atoms with E-state index in [0.717, 1.165) is 0 Å². The van der Waals surface area contributed by atoms with Crippen molar-refractivity contribution in [2.24, 2.45) is 0 Å². The van der Waals surface area contributed by atoms with Gasteiger partial charge in [0.25, 0.3) is 0 Å². The van der Waals surface area contributed by atoms with Gasteiger partial charge in [-0.05, 0) is 33.4 Å². The van der Waals surface area contributed by atoms with Crippen LogP contribution in [0.2, 0.25) is 0 Å². The molecule has 102 valence electrons. The second-order valence-electron chi connectivity index (χ2n) is 4.58. The van der Waals surface area contributed by atoms with Gasteiger partial charge in [-0.15, -0.1) is 0 Å². The highest BCUT2D eigenvalue weighted by atomic mass is 14.1. The Morgan fingerprint density at radius 3 is 2.05 bits per heavy atom. The number of rotatable bonds is 3. The molecule has 0 unspecified atom stereocenters. The topological polar surface area (TPSA) is 0 Å². The fourth-order valence-electron chi connectivity index (χ4n) is 2.34. The summed E-state index contributed by atoms with van der Waals surface area (Å²) >= 11 is 0. The Labute approximate surface area is 118 Å². The first-order valence-electron chi connectivity index (χ1n) is 5.99. The van der Waals surface area contributed by atoms with Crippen molar-refractivity contribution in [3.63, 3.8) is 0 Å². The SMILES string of the molecule is C.C.C=Cc1c(C(C)C)cc2ccccc2c1C=C. The molecule has 0 N–H and O–H groups in total. The zero-order chi connectivity index (χ0) is 12.4. The zero-order valence-corrected chi connectivity index (χ0v) is 10.5. The van der Waals surface area contributed by atoms with Gasteiger partial charge in [0.15, 0.2) is 0 Å². The van der Waals surface area contributed by atoms with Gasteiger partial charge in [0.1, 0.15) is 0 Å². The number of fused-ring (bicyclic) bond motifs is 1. The van der Waals surface area contributed by atoms with Gasteiger partial charge >= 0.3 is 0 Å². The van der Waals surface area contributed by atoms with Crippen LogP contribution in [0, 0.1) is 0 Å². The summed E-state index contributed by atoms with van der Waals surface area (Å²) in [5.74, 6) is 0.492. The third kappa shape index (κ3) is 2.96. The lowest BCUT2D eigenvalue weighted by Crippen LogP contribution is -1.96. The van der Waals surface area contributed by atoms with Gasteiger partial charge in [-0.3, -0.25) is 0 Å². The second kappa shape index (κ2) is 6.94. The van der Waals surface area contributed by atoms with Crippen LogP contribution in [0.25, 0.3) is 22.9 Å². The maximum absolute atomic E-state index is 3.94. The van der Waals surface area contributed by atoms with E-state index in [9.17, 15) is 0 Å². The predicted octanol–water partition coefficient (Wildman–Crippen LogP) is 6.52. The van der Waals surface area contributed by atoms with E-state index in [1.54, 1.807) is 0 Å². The number of hydrogen-bond acceptors (Lipinski definition) is 0. The Hall–Kier alpha value is -1.82. The Morgan fingerprint density at radius 2 is 1.53 bits per heavy atom. The largest absolute Gasteiger partial charge is 0.0984 e. The molecule has 0 aromatic heterocycles. The Morgan fingerprint density at radius 1 is 0.947 bits per heavy atom. The standard InChI is InChI=1S/C17H18.2CH4/c1-5-14-15(6-2)17(12(3)4)11-13-9-7-8-10-16(13)14;;/h5-12H,1-2H2,3-4H3;2*1H4. The lowest BCUT2D eigenvalue weighted by molar-refractivity contribution is 0.866. The molecule has 0 heterocycles. The average Bonchev–Trinajstić information content (AvgIpc) is 2.36. The molecule has 0 fully saturated rings. The minimum Gasteiger partial charge on any atom is -0.0984 e.